The maximum Gasteiger partial charge on any atom is 0.303 e. The van der Waals surface area contributed by atoms with E-state index in [1.807, 2.05) is 0 Å². The summed E-state index contributed by atoms with van der Waals surface area (Å²) in [5, 5.41) is 8.69. The first kappa shape index (κ1) is 13.1. The molecule has 1 aliphatic heterocycles. The largest absolute Gasteiger partial charge is 0.481 e. The number of carboxylic acids is 1. The van der Waals surface area contributed by atoms with Gasteiger partial charge in [-0.05, 0) is 5.92 Å². The van der Waals surface area contributed by atoms with Crippen molar-refractivity contribution in [3.05, 3.63) is 12.7 Å². The van der Waals surface area contributed by atoms with E-state index in [9.17, 15) is 13.2 Å². The van der Waals surface area contributed by atoms with Crippen molar-refractivity contribution in [2.75, 3.05) is 26.7 Å². The lowest BCUT2D eigenvalue weighted by molar-refractivity contribution is -0.138. The number of carboxylic acid groups (broad SMARTS) is 1. The molecule has 0 aliphatic carbocycles. The molecule has 0 saturated carbocycles. The quantitative estimate of drug-likeness (QED) is 0.696. The Morgan fingerprint density at radius 3 is 2.69 bits per heavy atom. The minimum Gasteiger partial charge on any atom is -0.481 e. The van der Waals surface area contributed by atoms with Gasteiger partial charge in [0.2, 0.25) is 0 Å². The van der Waals surface area contributed by atoms with Gasteiger partial charge in [0, 0.05) is 26.7 Å². The van der Waals surface area contributed by atoms with Crippen LogP contribution in [0.3, 0.4) is 0 Å². The van der Waals surface area contributed by atoms with Gasteiger partial charge in [-0.2, -0.15) is 17.0 Å². The van der Waals surface area contributed by atoms with E-state index in [2.05, 4.69) is 6.58 Å². The maximum absolute atomic E-state index is 11.8. The zero-order valence-electron chi connectivity index (χ0n) is 9.16. The van der Waals surface area contributed by atoms with Gasteiger partial charge in [0.1, 0.15) is 0 Å². The summed E-state index contributed by atoms with van der Waals surface area (Å²) in [5.74, 6) is -1.08. The molecule has 0 radical (unpaired) electrons. The molecule has 1 atom stereocenters. The van der Waals surface area contributed by atoms with Crippen LogP contribution in [0.25, 0.3) is 0 Å². The molecule has 1 unspecified atom stereocenters. The SMILES string of the molecule is C=CCN1CC(CC(=O)O)CN(C)S1(=O)=O. The highest BCUT2D eigenvalue weighted by Crippen LogP contribution is 2.20. The third-order valence-electron chi connectivity index (χ3n) is 2.49. The van der Waals surface area contributed by atoms with Crippen molar-refractivity contribution in [1.29, 1.82) is 0 Å². The summed E-state index contributed by atoms with van der Waals surface area (Å²) < 4.78 is 26.0. The van der Waals surface area contributed by atoms with Gasteiger partial charge in [-0.1, -0.05) is 6.08 Å². The van der Waals surface area contributed by atoms with Crippen LogP contribution in [0.2, 0.25) is 0 Å². The Morgan fingerprint density at radius 1 is 1.56 bits per heavy atom. The minimum atomic E-state index is -3.43. The fourth-order valence-electron chi connectivity index (χ4n) is 1.78. The highest BCUT2D eigenvalue weighted by molar-refractivity contribution is 7.86. The fourth-order valence-corrected chi connectivity index (χ4v) is 3.27. The smallest absolute Gasteiger partial charge is 0.303 e. The first-order chi connectivity index (χ1) is 7.37. The van der Waals surface area contributed by atoms with E-state index in [0.717, 1.165) is 0 Å². The molecule has 1 heterocycles. The van der Waals surface area contributed by atoms with Crippen molar-refractivity contribution < 1.29 is 18.3 Å². The molecule has 0 aromatic heterocycles. The van der Waals surface area contributed by atoms with Gasteiger partial charge in [-0.25, -0.2) is 0 Å². The van der Waals surface area contributed by atoms with Crippen LogP contribution in [0.15, 0.2) is 12.7 Å². The van der Waals surface area contributed by atoms with Crippen molar-refractivity contribution in [3.8, 4) is 0 Å². The molecule has 1 rings (SSSR count). The second-order valence-electron chi connectivity index (χ2n) is 3.86. The Morgan fingerprint density at radius 2 is 2.19 bits per heavy atom. The number of rotatable bonds is 4. The molecule has 6 nitrogen and oxygen atoms in total. The zero-order chi connectivity index (χ0) is 12.3. The molecule has 1 N–H and O–H groups in total. The summed E-state index contributed by atoms with van der Waals surface area (Å²) in [4.78, 5) is 10.6. The molecule has 16 heavy (non-hydrogen) atoms. The molecule has 7 heteroatoms. The van der Waals surface area contributed by atoms with Crippen LogP contribution in [-0.2, 0) is 15.0 Å². The summed E-state index contributed by atoms with van der Waals surface area (Å²) in [6, 6.07) is 0. The topological polar surface area (TPSA) is 77.9 Å². The van der Waals surface area contributed by atoms with Crippen LogP contribution in [-0.4, -0.2) is 54.8 Å². The number of hydrogen-bond acceptors (Lipinski definition) is 3. The van der Waals surface area contributed by atoms with E-state index in [4.69, 9.17) is 5.11 Å². The summed E-state index contributed by atoms with van der Waals surface area (Å²) >= 11 is 0. The normalized spacial score (nSPS) is 26.4. The van der Waals surface area contributed by atoms with Gasteiger partial charge in [-0.3, -0.25) is 4.79 Å². The second kappa shape index (κ2) is 4.94. The molecule has 92 valence electrons. The van der Waals surface area contributed by atoms with Crippen molar-refractivity contribution in [3.63, 3.8) is 0 Å². The molecule has 1 saturated heterocycles. The zero-order valence-corrected chi connectivity index (χ0v) is 9.98. The van der Waals surface area contributed by atoms with E-state index in [0.29, 0.717) is 0 Å². The third kappa shape index (κ3) is 2.81. The average molecular weight is 248 g/mol. The molecular formula is C9H16N2O4S. The monoisotopic (exact) mass is 248 g/mol. The van der Waals surface area contributed by atoms with Crippen molar-refractivity contribution in [2.24, 2.45) is 5.92 Å². The van der Waals surface area contributed by atoms with Gasteiger partial charge in [-0.15, -0.1) is 6.58 Å². The first-order valence-electron chi connectivity index (χ1n) is 4.92. The van der Waals surface area contributed by atoms with Gasteiger partial charge in [0.05, 0.1) is 6.42 Å². The molecule has 0 amide bonds. The first-order valence-corrected chi connectivity index (χ1v) is 6.31. The van der Waals surface area contributed by atoms with Crippen LogP contribution in [0, 0.1) is 5.92 Å². The van der Waals surface area contributed by atoms with E-state index in [1.54, 1.807) is 0 Å². The van der Waals surface area contributed by atoms with Crippen molar-refractivity contribution in [1.82, 2.24) is 8.61 Å². The van der Waals surface area contributed by atoms with Crippen LogP contribution in [0.5, 0.6) is 0 Å². The van der Waals surface area contributed by atoms with Gasteiger partial charge >= 0.3 is 5.97 Å². The lowest BCUT2D eigenvalue weighted by Crippen LogP contribution is -2.52. The van der Waals surface area contributed by atoms with Gasteiger partial charge in [0.25, 0.3) is 10.2 Å². The number of hydrogen-bond donors (Lipinski definition) is 1. The average Bonchev–Trinajstić information content (AvgIpc) is 2.13. The molecule has 0 bridgehead atoms. The Hall–Kier alpha value is -0.920. The summed E-state index contributed by atoms with van der Waals surface area (Å²) in [6.45, 7) is 4.19. The van der Waals surface area contributed by atoms with Crippen LogP contribution >= 0.6 is 0 Å². The molecule has 1 fully saturated rings. The molecular weight excluding hydrogens is 232 g/mol. The van der Waals surface area contributed by atoms with Gasteiger partial charge in [0.15, 0.2) is 0 Å². The Bertz CT molecular complexity index is 379. The molecule has 1 aliphatic rings. The van der Waals surface area contributed by atoms with Crippen molar-refractivity contribution >= 4 is 16.2 Å². The van der Waals surface area contributed by atoms with Crippen molar-refractivity contribution in [2.45, 2.75) is 6.42 Å². The van der Waals surface area contributed by atoms with Gasteiger partial charge < -0.3 is 5.11 Å². The minimum absolute atomic E-state index is 0.0203. The number of carbonyl (C=O) groups is 1. The lowest BCUT2D eigenvalue weighted by atomic mass is 10.1. The predicted molar refractivity (Wildman–Crippen MR) is 59.1 cm³/mol. The molecule has 0 spiro atoms. The maximum atomic E-state index is 11.8. The van der Waals surface area contributed by atoms with Crippen LogP contribution in [0.4, 0.5) is 0 Å². The molecule has 0 aromatic rings. The highest BCUT2D eigenvalue weighted by Gasteiger charge is 2.35. The summed E-state index contributed by atoms with van der Waals surface area (Å²) in [7, 11) is -1.97. The van der Waals surface area contributed by atoms with Crippen LogP contribution < -0.4 is 0 Å². The summed E-state index contributed by atoms with van der Waals surface area (Å²) in [5.41, 5.74) is 0. The standard InChI is InChI=1S/C9H16N2O4S/c1-3-4-11-7-8(5-9(12)13)6-10(2)16(11,14)15/h3,8H,1,4-7H2,2H3,(H,12,13). The van der Waals surface area contributed by atoms with E-state index < -0.39 is 16.2 Å². The summed E-state index contributed by atoms with van der Waals surface area (Å²) in [6.07, 6.45) is 1.47. The fraction of sp³-hybridized carbons (Fsp3) is 0.667. The lowest BCUT2D eigenvalue weighted by Gasteiger charge is -2.36. The molecule has 0 aromatic carbocycles. The van der Waals surface area contributed by atoms with Crippen LogP contribution in [0.1, 0.15) is 6.42 Å². The highest BCUT2D eigenvalue weighted by atomic mass is 32.2. The number of nitrogens with zero attached hydrogens (tertiary/aromatic N) is 2. The Labute approximate surface area is 95.3 Å². The third-order valence-corrected chi connectivity index (χ3v) is 4.38. The van der Waals surface area contributed by atoms with E-state index in [-0.39, 0.29) is 32.0 Å². The number of aliphatic carboxylic acids is 1. The second-order valence-corrected chi connectivity index (χ2v) is 5.89. The Balaban J connectivity index is 2.80. The predicted octanol–water partition coefficient (Wildman–Crippen LogP) is -0.244. The van der Waals surface area contributed by atoms with E-state index >= 15 is 0 Å². The Kier molecular flexibility index (Phi) is 4.06. The van der Waals surface area contributed by atoms with E-state index in [1.165, 1.54) is 21.7 Å².